The van der Waals surface area contributed by atoms with Crippen molar-refractivity contribution < 1.29 is 4.74 Å². The molecule has 1 aromatic rings. The molecule has 0 aliphatic rings. The Hall–Kier alpha value is -1.02. The van der Waals surface area contributed by atoms with Crippen LogP contribution in [0.5, 0.6) is 5.75 Å². The summed E-state index contributed by atoms with van der Waals surface area (Å²) < 4.78 is 5.89. The standard InChI is InChI=1S/C16H27NO/c1-5-13(3)15-9-7-8-10-16(15)18-12-11-17-14(4)6-2/h7-10,13-14,17H,5-6,11-12H2,1-4H3/t13-,14+/m1/s1. The molecule has 102 valence electrons. The second-order valence-corrected chi connectivity index (χ2v) is 4.96. The molecule has 0 spiro atoms. The Morgan fingerprint density at radius 3 is 2.50 bits per heavy atom. The smallest absolute Gasteiger partial charge is 0.122 e. The first-order chi connectivity index (χ1) is 8.69. The topological polar surface area (TPSA) is 21.3 Å². The maximum atomic E-state index is 5.89. The van der Waals surface area contributed by atoms with Gasteiger partial charge in [-0.05, 0) is 37.3 Å². The van der Waals surface area contributed by atoms with Crippen LogP contribution in [-0.2, 0) is 0 Å². The molecule has 1 rings (SSSR count). The summed E-state index contributed by atoms with van der Waals surface area (Å²) in [5.41, 5.74) is 1.32. The number of para-hydroxylation sites is 1. The first-order valence-corrected chi connectivity index (χ1v) is 7.14. The maximum Gasteiger partial charge on any atom is 0.122 e. The summed E-state index contributed by atoms with van der Waals surface area (Å²) in [5, 5.41) is 3.44. The quantitative estimate of drug-likeness (QED) is 0.704. The first-order valence-electron chi connectivity index (χ1n) is 7.14. The molecule has 0 aliphatic carbocycles. The Morgan fingerprint density at radius 1 is 1.11 bits per heavy atom. The lowest BCUT2D eigenvalue weighted by molar-refractivity contribution is 0.301. The van der Waals surface area contributed by atoms with Crippen molar-refractivity contribution in [1.82, 2.24) is 5.32 Å². The summed E-state index contributed by atoms with van der Waals surface area (Å²) in [4.78, 5) is 0. The van der Waals surface area contributed by atoms with E-state index in [9.17, 15) is 0 Å². The van der Waals surface area contributed by atoms with Crippen molar-refractivity contribution >= 4 is 0 Å². The van der Waals surface area contributed by atoms with Crippen LogP contribution in [0, 0.1) is 0 Å². The minimum Gasteiger partial charge on any atom is -0.492 e. The molecule has 0 fully saturated rings. The largest absolute Gasteiger partial charge is 0.492 e. The van der Waals surface area contributed by atoms with E-state index in [0.29, 0.717) is 12.0 Å². The molecule has 2 atom stereocenters. The fourth-order valence-corrected chi connectivity index (χ4v) is 1.85. The van der Waals surface area contributed by atoms with E-state index in [0.717, 1.165) is 31.7 Å². The Morgan fingerprint density at radius 2 is 1.83 bits per heavy atom. The Labute approximate surface area is 112 Å². The highest BCUT2D eigenvalue weighted by molar-refractivity contribution is 5.35. The summed E-state index contributed by atoms with van der Waals surface area (Å²) in [6.45, 7) is 10.5. The molecule has 0 bridgehead atoms. The highest BCUT2D eigenvalue weighted by atomic mass is 16.5. The van der Waals surface area contributed by atoms with E-state index < -0.39 is 0 Å². The van der Waals surface area contributed by atoms with E-state index in [1.807, 2.05) is 6.07 Å². The van der Waals surface area contributed by atoms with Gasteiger partial charge in [-0.2, -0.15) is 0 Å². The number of rotatable bonds is 8. The van der Waals surface area contributed by atoms with Gasteiger partial charge in [0.1, 0.15) is 12.4 Å². The number of benzene rings is 1. The Bertz CT molecular complexity index is 338. The average Bonchev–Trinajstić information content (AvgIpc) is 2.42. The van der Waals surface area contributed by atoms with Crippen molar-refractivity contribution in [2.75, 3.05) is 13.2 Å². The van der Waals surface area contributed by atoms with Gasteiger partial charge in [0.05, 0.1) is 0 Å². The predicted molar refractivity (Wildman–Crippen MR) is 78.4 cm³/mol. The summed E-state index contributed by atoms with van der Waals surface area (Å²) in [5.74, 6) is 1.60. The third-order valence-electron chi connectivity index (χ3n) is 3.53. The number of ether oxygens (including phenoxy) is 1. The van der Waals surface area contributed by atoms with Gasteiger partial charge >= 0.3 is 0 Å². The summed E-state index contributed by atoms with van der Waals surface area (Å²) in [6.07, 6.45) is 2.30. The molecule has 18 heavy (non-hydrogen) atoms. The van der Waals surface area contributed by atoms with Crippen LogP contribution in [0.15, 0.2) is 24.3 Å². The van der Waals surface area contributed by atoms with Gasteiger partial charge in [0.15, 0.2) is 0 Å². The molecule has 0 amide bonds. The van der Waals surface area contributed by atoms with Gasteiger partial charge in [-0.3, -0.25) is 0 Å². The fraction of sp³-hybridized carbons (Fsp3) is 0.625. The molecule has 2 nitrogen and oxygen atoms in total. The van der Waals surface area contributed by atoms with Gasteiger partial charge < -0.3 is 10.1 Å². The van der Waals surface area contributed by atoms with Gasteiger partial charge in [-0.25, -0.2) is 0 Å². The zero-order valence-corrected chi connectivity index (χ0v) is 12.2. The lowest BCUT2D eigenvalue weighted by Crippen LogP contribution is -2.29. The molecule has 1 N–H and O–H groups in total. The average molecular weight is 249 g/mol. The van der Waals surface area contributed by atoms with Gasteiger partial charge in [-0.15, -0.1) is 0 Å². The van der Waals surface area contributed by atoms with Crippen molar-refractivity contribution in [3.63, 3.8) is 0 Å². The molecular formula is C16H27NO. The maximum absolute atomic E-state index is 5.89. The van der Waals surface area contributed by atoms with Crippen LogP contribution >= 0.6 is 0 Å². The van der Waals surface area contributed by atoms with Crippen LogP contribution in [0.4, 0.5) is 0 Å². The molecule has 0 aliphatic heterocycles. The van der Waals surface area contributed by atoms with E-state index in [1.54, 1.807) is 0 Å². The second kappa shape index (κ2) is 8.15. The van der Waals surface area contributed by atoms with Crippen molar-refractivity contribution in [3.8, 4) is 5.75 Å². The minimum absolute atomic E-state index is 0.559. The summed E-state index contributed by atoms with van der Waals surface area (Å²) >= 11 is 0. The number of nitrogens with one attached hydrogen (secondary N) is 1. The van der Waals surface area contributed by atoms with Crippen LogP contribution in [0.1, 0.15) is 52.0 Å². The zero-order valence-electron chi connectivity index (χ0n) is 12.2. The van der Waals surface area contributed by atoms with Crippen molar-refractivity contribution in [1.29, 1.82) is 0 Å². The van der Waals surface area contributed by atoms with Crippen LogP contribution in [0.2, 0.25) is 0 Å². The third-order valence-corrected chi connectivity index (χ3v) is 3.53. The predicted octanol–water partition coefficient (Wildman–Crippen LogP) is 3.97. The lowest BCUT2D eigenvalue weighted by atomic mass is 9.98. The fourth-order valence-electron chi connectivity index (χ4n) is 1.85. The third kappa shape index (κ3) is 4.69. The number of hydrogen-bond acceptors (Lipinski definition) is 2. The van der Waals surface area contributed by atoms with Gasteiger partial charge in [-0.1, -0.05) is 39.0 Å². The number of hydrogen-bond donors (Lipinski definition) is 1. The van der Waals surface area contributed by atoms with Gasteiger partial charge in [0.25, 0.3) is 0 Å². The second-order valence-electron chi connectivity index (χ2n) is 4.96. The molecule has 0 saturated heterocycles. The molecule has 1 aromatic carbocycles. The van der Waals surface area contributed by atoms with Crippen molar-refractivity contribution in [3.05, 3.63) is 29.8 Å². The lowest BCUT2D eigenvalue weighted by Gasteiger charge is -2.16. The van der Waals surface area contributed by atoms with Gasteiger partial charge in [0, 0.05) is 12.6 Å². The normalized spacial score (nSPS) is 14.2. The minimum atomic E-state index is 0.559. The van der Waals surface area contributed by atoms with Crippen LogP contribution in [0.25, 0.3) is 0 Å². The molecule has 0 radical (unpaired) electrons. The first kappa shape index (κ1) is 15.0. The van der Waals surface area contributed by atoms with E-state index >= 15 is 0 Å². The SMILES string of the molecule is CC[C@@H](C)c1ccccc1OCCN[C@@H](C)CC. The van der Waals surface area contributed by atoms with E-state index in [4.69, 9.17) is 4.74 Å². The van der Waals surface area contributed by atoms with E-state index in [2.05, 4.69) is 51.2 Å². The van der Waals surface area contributed by atoms with Gasteiger partial charge in [0.2, 0.25) is 0 Å². The highest BCUT2D eigenvalue weighted by Crippen LogP contribution is 2.28. The molecular weight excluding hydrogens is 222 g/mol. The molecule has 0 aromatic heterocycles. The zero-order chi connectivity index (χ0) is 13.4. The molecule has 0 saturated carbocycles. The van der Waals surface area contributed by atoms with E-state index in [1.165, 1.54) is 5.56 Å². The van der Waals surface area contributed by atoms with Crippen molar-refractivity contribution in [2.24, 2.45) is 0 Å². The van der Waals surface area contributed by atoms with Crippen LogP contribution in [0.3, 0.4) is 0 Å². The molecule has 2 heteroatoms. The summed E-state index contributed by atoms with van der Waals surface area (Å²) in [6, 6.07) is 8.95. The van der Waals surface area contributed by atoms with E-state index in [-0.39, 0.29) is 0 Å². The molecule has 0 unspecified atom stereocenters. The monoisotopic (exact) mass is 249 g/mol. The summed E-state index contributed by atoms with van der Waals surface area (Å²) in [7, 11) is 0. The highest BCUT2D eigenvalue weighted by Gasteiger charge is 2.09. The Kier molecular flexibility index (Phi) is 6.81. The van der Waals surface area contributed by atoms with Crippen molar-refractivity contribution in [2.45, 2.75) is 52.5 Å². The molecule has 0 heterocycles. The van der Waals surface area contributed by atoms with Crippen LogP contribution in [-0.4, -0.2) is 19.2 Å². The Balaban J connectivity index is 2.46. The van der Waals surface area contributed by atoms with Crippen LogP contribution < -0.4 is 10.1 Å².